The summed E-state index contributed by atoms with van der Waals surface area (Å²) in [5, 5.41) is 15.2. The molecule has 13 heteroatoms. The van der Waals surface area contributed by atoms with Crippen LogP contribution in [0.15, 0.2) is 64.3 Å². The van der Waals surface area contributed by atoms with Crippen molar-refractivity contribution in [2.45, 2.75) is 44.8 Å². The van der Waals surface area contributed by atoms with Gasteiger partial charge in [0.05, 0.1) is 17.3 Å². The van der Waals surface area contributed by atoms with E-state index in [1.807, 2.05) is 24.3 Å². The van der Waals surface area contributed by atoms with Crippen molar-refractivity contribution in [3.63, 3.8) is 0 Å². The molecule has 2 aromatic carbocycles. The normalized spacial score (nSPS) is 13.5. The number of nitrogens with two attached hydrogens (primary N) is 1. The highest BCUT2D eigenvalue weighted by Gasteiger charge is 2.33. The molecule has 4 aromatic rings. The van der Waals surface area contributed by atoms with Crippen LogP contribution in [0.4, 0.5) is 0 Å². The van der Waals surface area contributed by atoms with Gasteiger partial charge in [0.2, 0.25) is 17.7 Å². The zero-order valence-corrected chi connectivity index (χ0v) is 22.3. The number of aromatic amines is 2. The summed E-state index contributed by atoms with van der Waals surface area (Å²) in [5.74, 6) is -4.63. The van der Waals surface area contributed by atoms with Gasteiger partial charge in [-0.3, -0.25) is 19.2 Å². The molecule has 7 N–H and O–H groups in total. The van der Waals surface area contributed by atoms with Gasteiger partial charge in [0.15, 0.2) is 0 Å². The number of fused-ring (bicyclic) bond motifs is 2. The number of primary amides is 1. The van der Waals surface area contributed by atoms with Gasteiger partial charge >= 0.3 is 11.7 Å². The average molecular weight is 563 g/mol. The number of nitrogens with one attached hydrogen (secondary N) is 4. The number of carboxylic acid groups (broad SMARTS) is 1. The zero-order chi connectivity index (χ0) is 29.8. The molecule has 2 heterocycles. The smallest absolute Gasteiger partial charge is 0.329 e. The van der Waals surface area contributed by atoms with E-state index in [9.17, 15) is 33.9 Å². The summed E-state index contributed by atoms with van der Waals surface area (Å²) in [5.41, 5.74) is 5.35. The van der Waals surface area contributed by atoms with Gasteiger partial charge in [0.25, 0.3) is 5.56 Å². The van der Waals surface area contributed by atoms with E-state index in [2.05, 4.69) is 20.6 Å². The van der Waals surface area contributed by atoms with E-state index in [1.165, 1.54) is 6.07 Å². The SMILES string of the molecule is CC(C)[C@H](NC(=O)[C@H](Cc1c[nH]c2ccccc12)n1c(=O)[nH]c2ccccc2c1=O)C(=O)N[C@@H](CC(N)=O)C(=O)O. The number of para-hydroxylation sites is 2. The van der Waals surface area contributed by atoms with Crippen LogP contribution in [0.2, 0.25) is 0 Å². The number of carbonyl (C=O) groups is 4. The predicted octanol–water partition coefficient (Wildman–Crippen LogP) is 0.541. The first-order valence-electron chi connectivity index (χ1n) is 12.9. The maximum absolute atomic E-state index is 13.9. The number of H-pyrrole nitrogens is 2. The van der Waals surface area contributed by atoms with Crippen molar-refractivity contribution in [2.75, 3.05) is 0 Å². The Labute approximate surface area is 232 Å². The van der Waals surface area contributed by atoms with Gasteiger partial charge in [-0.1, -0.05) is 44.2 Å². The molecule has 0 saturated carbocycles. The van der Waals surface area contributed by atoms with E-state index < -0.39 is 65.4 Å². The molecule has 0 aliphatic heterocycles. The molecular weight excluding hydrogens is 532 g/mol. The second-order valence-corrected chi connectivity index (χ2v) is 10.0. The van der Waals surface area contributed by atoms with Crippen LogP contribution in [-0.2, 0) is 25.6 Å². The summed E-state index contributed by atoms with van der Waals surface area (Å²) in [4.78, 5) is 82.3. The Hall–Kier alpha value is -5.20. The fraction of sp³-hybridized carbons (Fsp3) is 0.286. The zero-order valence-electron chi connectivity index (χ0n) is 22.3. The Bertz CT molecular complexity index is 1750. The van der Waals surface area contributed by atoms with Crippen LogP contribution >= 0.6 is 0 Å². The summed E-state index contributed by atoms with van der Waals surface area (Å²) in [7, 11) is 0. The second-order valence-electron chi connectivity index (χ2n) is 10.0. The highest BCUT2D eigenvalue weighted by molar-refractivity contribution is 5.93. The lowest BCUT2D eigenvalue weighted by atomic mass is 10.00. The quantitative estimate of drug-likeness (QED) is 0.153. The van der Waals surface area contributed by atoms with Crippen LogP contribution in [0.5, 0.6) is 0 Å². The summed E-state index contributed by atoms with van der Waals surface area (Å²) in [6, 6.07) is 9.45. The van der Waals surface area contributed by atoms with Crippen molar-refractivity contribution in [1.29, 1.82) is 0 Å². The van der Waals surface area contributed by atoms with Gasteiger partial charge in [0.1, 0.15) is 18.1 Å². The van der Waals surface area contributed by atoms with Crippen molar-refractivity contribution < 1.29 is 24.3 Å². The molecule has 4 rings (SSSR count). The van der Waals surface area contributed by atoms with E-state index >= 15 is 0 Å². The number of carbonyl (C=O) groups excluding carboxylic acids is 3. The van der Waals surface area contributed by atoms with Crippen LogP contribution in [0.25, 0.3) is 21.8 Å². The van der Waals surface area contributed by atoms with Crippen molar-refractivity contribution in [2.24, 2.45) is 11.7 Å². The highest BCUT2D eigenvalue weighted by atomic mass is 16.4. The maximum atomic E-state index is 13.9. The minimum Gasteiger partial charge on any atom is -0.480 e. The molecule has 0 unspecified atom stereocenters. The fourth-order valence-corrected chi connectivity index (χ4v) is 4.72. The number of carboxylic acids is 1. The molecule has 3 atom stereocenters. The van der Waals surface area contributed by atoms with Gasteiger partial charge < -0.3 is 31.4 Å². The first-order valence-corrected chi connectivity index (χ1v) is 12.9. The van der Waals surface area contributed by atoms with Gasteiger partial charge in [-0.05, 0) is 29.7 Å². The molecule has 0 fully saturated rings. The second kappa shape index (κ2) is 11.9. The van der Waals surface area contributed by atoms with Crippen LogP contribution in [0.3, 0.4) is 0 Å². The van der Waals surface area contributed by atoms with E-state index in [1.54, 1.807) is 38.2 Å². The van der Waals surface area contributed by atoms with Gasteiger partial charge in [-0.2, -0.15) is 0 Å². The molecule has 3 amide bonds. The number of aliphatic carboxylic acids is 1. The van der Waals surface area contributed by atoms with Crippen molar-refractivity contribution >= 4 is 45.5 Å². The lowest BCUT2D eigenvalue weighted by Gasteiger charge is -2.26. The van der Waals surface area contributed by atoms with E-state index in [0.717, 1.165) is 15.5 Å². The number of nitrogens with zero attached hydrogens (tertiary/aromatic N) is 1. The Morgan fingerprint density at radius 1 is 0.927 bits per heavy atom. The number of amides is 3. The van der Waals surface area contributed by atoms with Crippen molar-refractivity contribution in [3.05, 3.63) is 81.1 Å². The summed E-state index contributed by atoms with van der Waals surface area (Å²) in [6.07, 6.45) is 0.951. The lowest BCUT2D eigenvalue weighted by Crippen LogP contribution is -2.56. The summed E-state index contributed by atoms with van der Waals surface area (Å²) >= 11 is 0. The number of hydrogen-bond acceptors (Lipinski definition) is 6. The number of benzene rings is 2. The minimum absolute atomic E-state index is 0.0803. The number of aromatic nitrogens is 3. The maximum Gasteiger partial charge on any atom is 0.329 e. The number of hydrogen-bond donors (Lipinski definition) is 6. The van der Waals surface area contributed by atoms with Gasteiger partial charge in [-0.15, -0.1) is 0 Å². The van der Waals surface area contributed by atoms with E-state index in [4.69, 9.17) is 5.73 Å². The topological polar surface area (TPSA) is 209 Å². The lowest BCUT2D eigenvalue weighted by molar-refractivity contribution is -0.144. The average Bonchev–Trinajstić information content (AvgIpc) is 3.32. The van der Waals surface area contributed by atoms with Crippen LogP contribution in [0.1, 0.15) is 31.9 Å². The van der Waals surface area contributed by atoms with Crippen LogP contribution in [0, 0.1) is 5.92 Å². The Kier molecular flexibility index (Phi) is 8.36. The molecule has 0 aliphatic rings. The summed E-state index contributed by atoms with van der Waals surface area (Å²) < 4.78 is 0.821. The first kappa shape index (κ1) is 28.8. The third-order valence-corrected chi connectivity index (χ3v) is 6.81. The largest absolute Gasteiger partial charge is 0.480 e. The van der Waals surface area contributed by atoms with Gasteiger partial charge in [0, 0.05) is 23.5 Å². The molecule has 0 bridgehead atoms. The highest BCUT2D eigenvalue weighted by Crippen LogP contribution is 2.23. The predicted molar refractivity (Wildman–Crippen MR) is 150 cm³/mol. The molecular formula is C28H30N6O7. The summed E-state index contributed by atoms with van der Waals surface area (Å²) in [6.45, 7) is 3.25. The standard InChI is InChI=1S/C28H30N6O7/c1-14(2)23(25(37)31-20(27(39)40)12-22(29)35)33-24(36)21(11-15-13-30-18-9-5-3-7-16(15)18)34-26(38)17-8-4-6-10-19(17)32-28(34)41/h3-10,13-14,20-21,23,30H,11-12H2,1-2H3,(H2,29,35)(H,31,37)(H,32,41)(H,33,36)(H,39,40)/t20-,21-,23-/m0/s1. The monoisotopic (exact) mass is 562 g/mol. The molecule has 214 valence electrons. The molecule has 0 radical (unpaired) electrons. The Morgan fingerprint density at radius 3 is 2.20 bits per heavy atom. The fourth-order valence-electron chi connectivity index (χ4n) is 4.72. The minimum atomic E-state index is -1.61. The molecule has 0 aliphatic carbocycles. The van der Waals surface area contributed by atoms with E-state index in [0.29, 0.717) is 11.1 Å². The molecule has 2 aromatic heterocycles. The Balaban J connectivity index is 1.75. The van der Waals surface area contributed by atoms with Crippen molar-refractivity contribution in [1.82, 2.24) is 25.2 Å². The Morgan fingerprint density at radius 2 is 1.56 bits per heavy atom. The van der Waals surface area contributed by atoms with Gasteiger partial charge in [-0.25, -0.2) is 14.2 Å². The number of rotatable bonds is 11. The van der Waals surface area contributed by atoms with E-state index in [-0.39, 0.29) is 11.8 Å². The molecule has 41 heavy (non-hydrogen) atoms. The molecule has 13 nitrogen and oxygen atoms in total. The first-order chi connectivity index (χ1) is 19.5. The third-order valence-electron chi connectivity index (χ3n) is 6.81. The van der Waals surface area contributed by atoms with Crippen LogP contribution < -0.4 is 27.6 Å². The van der Waals surface area contributed by atoms with Crippen molar-refractivity contribution in [3.8, 4) is 0 Å². The molecule has 0 saturated heterocycles. The molecule has 0 spiro atoms. The third kappa shape index (κ3) is 6.19. The van der Waals surface area contributed by atoms with Crippen LogP contribution in [-0.4, -0.2) is 55.4 Å².